The van der Waals surface area contributed by atoms with Crippen LogP contribution in [-0.2, 0) is 4.79 Å². The average molecular weight is 470 g/mol. The standard InChI is InChI=1S/C27H22N2O6/c1-33-23-15-21(29-27(32)17-8-4-3-5-9-17)24(34-2)14-20(23)28-25(30)13-12-18-16-35-22-11-7-6-10-19(22)26(18)31/h3-16H,1-2H3,(H,28,30)(H,29,32)/b13-12+. The Hall–Kier alpha value is -4.85. The summed E-state index contributed by atoms with van der Waals surface area (Å²) < 4.78 is 16.3. The number of fused-ring (bicyclic) bond motifs is 1. The molecule has 0 saturated heterocycles. The number of methoxy groups -OCH3 is 2. The molecule has 0 unspecified atom stereocenters. The molecule has 176 valence electrons. The number of amides is 2. The van der Waals surface area contributed by atoms with Crippen LogP contribution in [0.3, 0.4) is 0 Å². The molecule has 0 saturated carbocycles. The summed E-state index contributed by atoms with van der Waals surface area (Å²) in [6.07, 6.45) is 3.91. The SMILES string of the molecule is COc1cc(NC(=O)c2ccccc2)c(OC)cc1NC(=O)/C=C/c1coc2ccccc2c1=O. The Bertz CT molecular complexity index is 1470. The van der Waals surface area contributed by atoms with Gasteiger partial charge >= 0.3 is 0 Å². The van der Waals surface area contributed by atoms with E-state index < -0.39 is 5.91 Å². The number of rotatable bonds is 7. The number of benzene rings is 3. The minimum atomic E-state index is -0.501. The molecule has 2 amide bonds. The molecule has 0 aliphatic heterocycles. The maximum Gasteiger partial charge on any atom is 0.255 e. The second-order valence-corrected chi connectivity index (χ2v) is 7.41. The van der Waals surface area contributed by atoms with E-state index in [1.54, 1.807) is 54.6 Å². The normalized spacial score (nSPS) is 10.8. The van der Waals surface area contributed by atoms with Crippen LogP contribution in [0, 0.1) is 0 Å². The molecule has 0 radical (unpaired) electrons. The van der Waals surface area contributed by atoms with Crippen molar-refractivity contribution in [1.29, 1.82) is 0 Å². The van der Waals surface area contributed by atoms with Gasteiger partial charge in [0.2, 0.25) is 5.91 Å². The number of ether oxygens (including phenoxy) is 2. The first-order chi connectivity index (χ1) is 17.0. The maximum atomic E-state index is 12.6. The second-order valence-electron chi connectivity index (χ2n) is 7.41. The van der Waals surface area contributed by atoms with Gasteiger partial charge in [0.25, 0.3) is 5.91 Å². The largest absolute Gasteiger partial charge is 0.494 e. The van der Waals surface area contributed by atoms with Gasteiger partial charge in [0.05, 0.1) is 36.5 Å². The van der Waals surface area contributed by atoms with Crippen LogP contribution in [0.25, 0.3) is 17.0 Å². The molecule has 35 heavy (non-hydrogen) atoms. The molecule has 0 atom stereocenters. The van der Waals surface area contributed by atoms with Gasteiger partial charge < -0.3 is 24.5 Å². The number of hydrogen-bond acceptors (Lipinski definition) is 6. The van der Waals surface area contributed by atoms with E-state index in [9.17, 15) is 14.4 Å². The molecule has 0 bridgehead atoms. The highest BCUT2D eigenvalue weighted by Gasteiger charge is 2.16. The Morgan fingerprint density at radius 1 is 0.857 bits per heavy atom. The Kier molecular flexibility index (Phi) is 6.92. The Labute approximate surface area is 200 Å². The Morgan fingerprint density at radius 3 is 2.17 bits per heavy atom. The lowest BCUT2D eigenvalue weighted by Gasteiger charge is -2.16. The van der Waals surface area contributed by atoms with E-state index in [1.807, 2.05) is 6.07 Å². The molecule has 1 aromatic heterocycles. The lowest BCUT2D eigenvalue weighted by molar-refractivity contribution is -0.111. The lowest BCUT2D eigenvalue weighted by Crippen LogP contribution is -2.14. The quantitative estimate of drug-likeness (QED) is 0.379. The van der Waals surface area contributed by atoms with Gasteiger partial charge in [-0.1, -0.05) is 30.3 Å². The monoisotopic (exact) mass is 470 g/mol. The molecule has 0 spiro atoms. The lowest BCUT2D eigenvalue weighted by atomic mass is 10.1. The second kappa shape index (κ2) is 10.4. The van der Waals surface area contributed by atoms with E-state index in [0.29, 0.717) is 39.4 Å². The summed E-state index contributed by atoms with van der Waals surface area (Å²) in [5, 5.41) is 5.91. The molecule has 0 fully saturated rings. The number of carbonyl (C=O) groups is 2. The Morgan fingerprint density at radius 2 is 1.49 bits per heavy atom. The minimum Gasteiger partial charge on any atom is -0.494 e. The van der Waals surface area contributed by atoms with Crippen LogP contribution in [0.2, 0.25) is 0 Å². The summed E-state index contributed by atoms with van der Waals surface area (Å²) in [6, 6.07) is 18.7. The van der Waals surface area contributed by atoms with E-state index >= 15 is 0 Å². The van der Waals surface area contributed by atoms with Crippen LogP contribution in [0.4, 0.5) is 11.4 Å². The molecule has 8 nitrogen and oxygen atoms in total. The third kappa shape index (κ3) is 5.22. The fourth-order valence-electron chi connectivity index (χ4n) is 3.42. The van der Waals surface area contributed by atoms with Crippen molar-refractivity contribution < 1.29 is 23.5 Å². The molecule has 0 aliphatic rings. The van der Waals surface area contributed by atoms with E-state index in [2.05, 4.69) is 10.6 Å². The van der Waals surface area contributed by atoms with Crippen molar-refractivity contribution in [3.8, 4) is 11.5 Å². The van der Waals surface area contributed by atoms with Crippen LogP contribution in [0.1, 0.15) is 15.9 Å². The number of para-hydroxylation sites is 1. The summed E-state index contributed by atoms with van der Waals surface area (Å²) in [6.45, 7) is 0. The molecule has 4 aromatic rings. The summed E-state index contributed by atoms with van der Waals surface area (Å²) >= 11 is 0. The molecule has 1 heterocycles. The first-order valence-electron chi connectivity index (χ1n) is 10.6. The third-order valence-corrected chi connectivity index (χ3v) is 5.18. The predicted molar refractivity (Wildman–Crippen MR) is 134 cm³/mol. The van der Waals surface area contributed by atoms with Crippen LogP contribution in [0.15, 0.2) is 88.3 Å². The molecular weight excluding hydrogens is 448 g/mol. The first kappa shape index (κ1) is 23.3. The summed E-state index contributed by atoms with van der Waals surface area (Å²) in [5.74, 6) is -0.190. The van der Waals surface area contributed by atoms with E-state index in [0.717, 1.165) is 0 Å². The number of anilines is 2. The number of hydrogen-bond donors (Lipinski definition) is 2. The third-order valence-electron chi connectivity index (χ3n) is 5.18. The highest BCUT2D eigenvalue weighted by Crippen LogP contribution is 2.36. The maximum absolute atomic E-state index is 12.6. The number of carbonyl (C=O) groups excluding carboxylic acids is 2. The van der Waals surface area contributed by atoms with Gasteiger partial charge in [-0.15, -0.1) is 0 Å². The van der Waals surface area contributed by atoms with E-state index in [-0.39, 0.29) is 16.9 Å². The zero-order valence-corrected chi connectivity index (χ0v) is 19.0. The summed E-state index contributed by atoms with van der Waals surface area (Å²) in [7, 11) is 2.89. The fraction of sp³-hybridized carbons (Fsp3) is 0.0741. The zero-order chi connectivity index (χ0) is 24.8. The van der Waals surface area contributed by atoms with Crippen molar-refractivity contribution in [1.82, 2.24) is 0 Å². The van der Waals surface area contributed by atoms with Crippen molar-refractivity contribution in [3.63, 3.8) is 0 Å². The van der Waals surface area contributed by atoms with Crippen molar-refractivity contribution >= 4 is 40.2 Å². The smallest absolute Gasteiger partial charge is 0.255 e. The highest BCUT2D eigenvalue weighted by molar-refractivity contribution is 6.06. The van der Waals surface area contributed by atoms with Crippen molar-refractivity contribution in [2.24, 2.45) is 0 Å². The van der Waals surface area contributed by atoms with Gasteiger partial charge in [-0.3, -0.25) is 14.4 Å². The van der Waals surface area contributed by atoms with Crippen LogP contribution >= 0.6 is 0 Å². The van der Waals surface area contributed by atoms with Crippen molar-refractivity contribution in [2.45, 2.75) is 0 Å². The number of nitrogens with one attached hydrogen (secondary N) is 2. The molecule has 8 heteroatoms. The predicted octanol–water partition coefficient (Wildman–Crippen LogP) is 4.71. The topological polar surface area (TPSA) is 107 Å². The van der Waals surface area contributed by atoms with E-state index in [1.165, 1.54) is 38.7 Å². The first-order valence-corrected chi connectivity index (χ1v) is 10.6. The van der Waals surface area contributed by atoms with E-state index in [4.69, 9.17) is 13.9 Å². The minimum absolute atomic E-state index is 0.238. The van der Waals surface area contributed by atoms with Gasteiger partial charge in [0.1, 0.15) is 23.3 Å². The van der Waals surface area contributed by atoms with Crippen molar-refractivity contribution in [2.75, 3.05) is 24.9 Å². The molecule has 2 N–H and O–H groups in total. The van der Waals surface area contributed by atoms with Crippen molar-refractivity contribution in [3.05, 3.63) is 100 Å². The van der Waals surface area contributed by atoms with Crippen LogP contribution in [-0.4, -0.2) is 26.0 Å². The van der Waals surface area contributed by atoms with Gasteiger partial charge in [-0.05, 0) is 30.3 Å². The highest BCUT2D eigenvalue weighted by atomic mass is 16.5. The van der Waals surface area contributed by atoms with Crippen LogP contribution in [0.5, 0.6) is 11.5 Å². The van der Waals surface area contributed by atoms with Crippen LogP contribution < -0.4 is 25.5 Å². The summed E-state index contributed by atoms with van der Waals surface area (Å²) in [4.78, 5) is 37.7. The van der Waals surface area contributed by atoms with Gasteiger partial charge in [0, 0.05) is 23.8 Å². The molecular formula is C27H22N2O6. The molecule has 4 rings (SSSR count). The Balaban J connectivity index is 1.54. The molecule has 3 aromatic carbocycles. The average Bonchev–Trinajstić information content (AvgIpc) is 2.89. The van der Waals surface area contributed by atoms with Gasteiger partial charge in [0.15, 0.2) is 5.43 Å². The van der Waals surface area contributed by atoms with Gasteiger partial charge in [-0.2, -0.15) is 0 Å². The molecule has 0 aliphatic carbocycles. The zero-order valence-electron chi connectivity index (χ0n) is 19.0. The van der Waals surface area contributed by atoms with Gasteiger partial charge in [-0.25, -0.2) is 0 Å². The summed E-state index contributed by atoms with van der Waals surface area (Å²) in [5.41, 5.74) is 1.64. The fourth-order valence-corrected chi connectivity index (χ4v) is 3.42.